The lowest BCUT2D eigenvalue weighted by Crippen LogP contribution is -1.78. The quantitative estimate of drug-likeness (QED) is 0.669. The molecule has 0 aliphatic carbocycles. The van der Waals surface area contributed by atoms with E-state index in [-0.39, 0.29) is 0 Å². The van der Waals surface area contributed by atoms with Crippen molar-refractivity contribution in [1.29, 1.82) is 0 Å². The van der Waals surface area contributed by atoms with Gasteiger partial charge in [-0.25, -0.2) is 4.98 Å². The van der Waals surface area contributed by atoms with Crippen molar-refractivity contribution in [2.24, 2.45) is 0 Å². The number of thiazole rings is 1. The summed E-state index contributed by atoms with van der Waals surface area (Å²) in [6.45, 7) is 6.07. The molecule has 0 radical (unpaired) electrons. The molecule has 0 fully saturated rings. The van der Waals surface area contributed by atoms with Gasteiger partial charge in [0.1, 0.15) is 0 Å². The Morgan fingerprint density at radius 1 is 1.58 bits per heavy atom. The lowest BCUT2D eigenvalue weighted by Gasteiger charge is -1.91. The molecule has 0 aliphatic rings. The van der Waals surface area contributed by atoms with Gasteiger partial charge in [-0.3, -0.25) is 0 Å². The number of hydrogen-bond donors (Lipinski definition) is 0. The van der Waals surface area contributed by atoms with Gasteiger partial charge in [0.2, 0.25) is 0 Å². The summed E-state index contributed by atoms with van der Waals surface area (Å²) in [6, 6.07) is 0. The Morgan fingerprint density at radius 3 is 2.67 bits per heavy atom. The predicted octanol–water partition coefficient (Wildman–Crippen LogP) is 3.40. The third-order valence-electron chi connectivity index (χ3n) is 1.53. The molecule has 1 aromatic rings. The van der Waals surface area contributed by atoms with Crippen LogP contribution in [0.25, 0.3) is 6.08 Å². The average Bonchev–Trinajstić information content (AvgIpc) is 2.30. The van der Waals surface area contributed by atoms with E-state index >= 15 is 0 Å². The topological polar surface area (TPSA) is 12.9 Å². The molecule has 0 aliphatic heterocycles. The fourth-order valence-electron chi connectivity index (χ4n) is 0.943. The first-order valence-corrected chi connectivity index (χ1v) is 5.15. The zero-order chi connectivity index (χ0) is 9.14. The van der Waals surface area contributed by atoms with Crippen LogP contribution >= 0.6 is 22.9 Å². The summed E-state index contributed by atoms with van der Waals surface area (Å²) in [7, 11) is 0. The molecule has 1 heterocycles. The molecule has 0 saturated carbocycles. The van der Waals surface area contributed by atoms with E-state index < -0.39 is 0 Å². The number of hydrogen-bond acceptors (Lipinski definition) is 2. The molecule has 12 heavy (non-hydrogen) atoms. The van der Waals surface area contributed by atoms with Crippen molar-refractivity contribution in [3.63, 3.8) is 0 Å². The summed E-state index contributed by atoms with van der Waals surface area (Å²) in [5.74, 6) is 0.594. The minimum Gasteiger partial charge on any atom is -0.246 e. The monoisotopic (exact) mass is 201 g/mol. The highest BCUT2D eigenvalue weighted by molar-refractivity contribution is 7.12. The third kappa shape index (κ3) is 2.32. The summed E-state index contributed by atoms with van der Waals surface area (Å²) >= 11 is 7.39. The van der Waals surface area contributed by atoms with Gasteiger partial charge in [0.15, 0.2) is 0 Å². The van der Waals surface area contributed by atoms with E-state index in [9.17, 15) is 0 Å². The van der Waals surface area contributed by atoms with Gasteiger partial charge in [-0.05, 0) is 26.8 Å². The Balaban J connectivity index is 2.95. The Hall–Kier alpha value is -0.340. The molecular formula is C9H12ClNS. The van der Waals surface area contributed by atoms with Gasteiger partial charge in [0.05, 0.1) is 15.6 Å². The van der Waals surface area contributed by atoms with Crippen molar-refractivity contribution in [2.45, 2.75) is 20.8 Å². The number of nitrogens with zero attached hydrogens (tertiary/aromatic N) is 1. The first-order chi connectivity index (χ1) is 5.63. The van der Waals surface area contributed by atoms with Gasteiger partial charge in [0, 0.05) is 5.88 Å². The van der Waals surface area contributed by atoms with E-state index in [1.807, 2.05) is 20.8 Å². The number of allylic oxidation sites excluding steroid dienone is 1. The summed E-state index contributed by atoms with van der Waals surface area (Å²) in [4.78, 5) is 5.56. The second-order valence-corrected chi connectivity index (χ2v) is 4.31. The van der Waals surface area contributed by atoms with Gasteiger partial charge in [-0.2, -0.15) is 0 Å². The molecule has 66 valence electrons. The van der Waals surface area contributed by atoms with Crippen LogP contribution in [0.5, 0.6) is 0 Å². The maximum absolute atomic E-state index is 5.68. The van der Waals surface area contributed by atoms with Crippen molar-refractivity contribution in [3.8, 4) is 0 Å². The zero-order valence-electron chi connectivity index (χ0n) is 7.52. The van der Waals surface area contributed by atoms with E-state index in [1.165, 1.54) is 10.5 Å². The fraction of sp³-hybridized carbons (Fsp3) is 0.444. The molecule has 0 N–H and O–H groups in total. The summed E-state index contributed by atoms with van der Waals surface area (Å²) < 4.78 is 0. The van der Waals surface area contributed by atoms with Crippen LogP contribution in [0.1, 0.15) is 22.5 Å². The molecular weight excluding hydrogens is 190 g/mol. The molecule has 3 heteroatoms. The van der Waals surface area contributed by atoms with Crippen molar-refractivity contribution in [3.05, 3.63) is 21.2 Å². The smallest absolute Gasteiger partial charge is 0.0903 e. The van der Waals surface area contributed by atoms with E-state index in [2.05, 4.69) is 11.1 Å². The molecule has 1 aromatic heterocycles. The molecule has 1 rings (SSSR count). The van der Waals surface area contributed by atoms with E-state index in [4.69, 9.17) is 11.6 Å². The Morgan fingerprint density at radius 2 is 2.25 bits per heavy atom. The molecule has 0 atom stereocenters. The molecule has 0 bridgehead atoms. The lowest BCUT2D eigenvalue weighted by molar-refractivity contribution is 1.19. The van der Waals surface area contributed by atoms with E-state index in [0.29, 0.717) is 5.88 Å². The average molecular weight is 202 g/mol. The second-order valence-electron chi connectivity index (χ2n) is 2.81. The Labute approximate surface area is 82.1 Å². The highest BCUT2D eigenvalue weighted by atomic mass is 35.5. The van der Waals surface area contributed by atoms with Crippen LogP contribution in [0.4, 0.5) is 0 Å². The SMILES string of the molecule is CC(=Cc1sc(C)nc1C)CCl. The third-order valence-corrected chi connectivity index (χ3v) is 2.97. The molecule has 0 spiro atoms. The van der Waals surface area contributed by atoms with Crippen molar-refractivity contribution in [1.82, 2.24) is 4.98 Å². The van der Waals surface area contributed by atoms with Gasteiger partial charge >= 0.3 is 0 Å². The van der Waals surface area contributed by atoms with Crippen LogP contribution in [-0.4, -0.2) is 10.9 Å². The molecule has 0 saturated heterocycles. The normalized spacial score (nSPS) is 12.2. The maximum atomic E-state index is 5.68. The summed E-state index contributed by atoms with van der Waals surface area (Å²) in [5, 5.41) is 1.11. The van der Waals surface area contributed by atoms with Gasteiger partial charge in [0.25, 0.3) is 0 Å². The van der Waals surface area contributed by atoms with Crippen molar-refractivity contribution >= 4 is 29.0 Å². The minimum absolute atomic E-state index is 0.594. The highest BCUT2D eigenvalue weighted by Gasteiger charge is 2.01. The Bertz CT molecular complexity index is 301. The van der Waals surface area contributed by atoms with E-state index in [0.717, 1.165) is 10.7 Å². The number of halogens is 1. The van der Waals surface area contributed by atoms with Crippen LogP contribution in [0.2, 0.25) is 0 Å². The summed E-state index contributed by atoms with van der Waals surface area (Å²) in [6.07, 6.45) is 2.10. The van der Waals surface area contributed by atoms with Crippen molar-refractivity contribution in [2.75, 3.05) is 5.88 Å². The standard InChI is InChI=1S/C9H12ClNS/c1-6(5-10)4-9-7(2)11-8(3)12-9/h4H,5H2,1-3H3. The highest BCUT2D eigenvalue weighted by Crippen LogP contribution is 2.20. The first-order valence-electron chi connectivity index (χ1n) is 3.80. The van der Waals surface area contributed by atoms with Gasteiger partial charge < -0.3 is 0 Å². The Kier molecular flexibility index (Phi) is 3.29. The molecule has 0 aromatic carbocycles. The second kappa shape index (κ2) is 4.06. The fourth-order valence-corrected chi connectivity index (χ4v) is 1.97. The van der Waals surface area contributed by atoms with Crippen LogP contribution < -0.4 is 0 Å². The molecule has 0 unspecified atom stereocenters. The number of aryl methyl sites for hydroxylation is 2. The van der Waals surface area contributed by atoms with Crippen LogP contribution in [0.3, 0.4) is 0 Å². The summed E-state index contributed by atoms with van der Waals surface area (Å²) in [5.41, 5.74) is 2.28. The van der Waals surface area contributed by atoms with Crippen molar-refractivity contribution < 1.29 is 0 Å². The van der Waals surface area contributed by atoms with Gasteiger partial charge in [-0.15, -0.1) is 22.9 Å². The van der Waals surface area contributed by atoms with Crippen LogP contribution in [0.15, 0.2) is 5.57 Å². The maximum Gasteiger partial charge on any atom is 0.0903 e. The zero-order valence-corrected chi connectivity index (χ0v) is 9.09. The first kappa shape index (κ1) is 9.75. The van der Waals surface area contributed by atoms with Crippen LogP contribution in [0, 0.1) is 13.8 Å². The molecule has 0 amide bonds. The van der Waals surface area contributed by atoms with Crippen LogP contribution in [-0.2, 0) is 0 Å². The molecule has 1 nitrogen and oxygen atoms in total. The predicted molar refractivity (Wildman–Crippen MR) is 56.0 cm³/mol. The minimum atomic E-state index is 0.594. The number of rotatable bonds is 2. The number of aromatic nitrogens is 1. The van der Waals surface area contributed by atoms with Gasteiger partial charge in [-0.1, -0.05) is 5.57 Å². The largest absolute Gasteiger partial charge is 0.246 e. The van der Waals surface area contributed by atoms with E-state index in [1.54, 1.807) is 11.3 Å². The number of alkyl halides is 1. The lowest BCUT2D eigenvalue weighted by atomic mass is 10.3.